The average molecular weight is 339 g/mol. The highest BCUT2D eigenvalue weighted by molar-refractivity contribution is 5.99. The normalized spacial score (nSPS) is 11.1. The van der Waals surface area contributed by atoms with Crippen LogP contribution in [0.4, 0.5) is 4.79 Å². The first-order valence-corrected chi connectivity index (χ1v) is 8.08. The van der Waals surface area contributed by atoms with Crippen LogP contribution in [0, 0.1) is 0 Å². The zero-order valence-corrected chi connectivity index (χ0v) is 14.7. The molecular weight excluding hydrogens is 318 g/mol. The van der Waals surface area contributed by atoms with Crippen molar-refractivity contribution in [1.29, 1.82) is 0 Å². The van der Waals surface area contributed by atoms with E-state index in [0.29, 0.717) is 22.7 Å². The lowest BCUT2D eigenvalue weighted by molar-refractivity contribution is 0.198. The van der Waals surface area contributed by atoms with Crippen molar-refractivity contribution >= 4 is 17.0 Å². The molecule has 0 saturated carbocycles. The monoisotopic (exact) mass is 339 g/mol. The molecular formula is C20H21NO4. The lowest BCUT2D eigenvalue weighted by Crippen LogP contribution is -2.10. The van der Waals surface area contributed by atoms with Crippen LogP contribution in [-0.2, 0) is 0 Å². The fourth-order valence-corrected chi connectivity index (χ4v) is 3.32. The topological polar surface area (TPSA) is 60.7 Å². The molecule has 0 aliphatic heterocycles. The molecule has 2 aromatic carbocycles. The molecule has 0 unspecified atom stereocenters. The van der Waals surface area contributed by atoms with Crippen LogP contribution in [0.3, 0.4) is 0 Å². The number of para-hydroxylation sites is 1. The predicted octanol–water partition coefficient (Wildman–Crippen LogP) is 4.98. The molecule has 0 fully saturated rings. The smallest absolute Gasteiger partial charge is 0.416 e. The van der Waals surface area contributed by atoms with Gasteiger partial charge in [0.05, 0.1) is 25.4 Å². The van der Waals surface area contributed by atoms with E-state index in [1.165, 1.54) is 4.57 Å². The number of nitrogens with zero attached hydrogens (tertiary/aromatic N) is 1. The number of benzene rings is 2. The van der Waals surface area contributed by atoms with E-state index in [4.69, 9.17) is 9.47 Å². The van der Waals surface area contributed by atoms with Crippen molar-refractivity contribution in [3.05, 3.63) is 48.0 Å². The van der Waals surface area contributed by atoms with Gasteiger partial charge in [-0.3, -0.25) is 0 Å². The number of rotatable bonds is 4. The third kappa shape index (κ3) is 2.71. The van der Waals surface area contributed by atoms with Crippen LogP contribution >= 0.6 is 0 Å². The van der Waals surface area contributed by atoms with E-state index < -0.39 is 6.09 Å². The minimum atomic E-state index is -1.01. The van der Waals surface area contributed by atoms with Gasteiger partial charge < -0.3 is 14.6 Å². The highest BCUT2D eigenvalue weighted by Crippen LogP contribution is 2.40. The summed E-state index contributed by atoms with van der Waals surface area (Å²) in [6.07, 6.45) is -1.01. The molecule has 1 heterocycles. The van der Waals surface area contributed by atoms with Crippen molar-refractivity contribution < 1.29 is 19.4 Å². The van der Waals surface area contributed by atoms with Gasteiger partial charge in [-0.1, -0.05) is 32.0 Å². The standard InChI is InChI=1S/C20H21NO4/c1-12(2)18-14-7-5-6-8-15(14)21(20(22)23)19(18)13-9-10-16(24-3)17(11-13)25-4/h5-12H,1-4H3,(H,22,23). The Labute approximate surface area is 146 Å². The highest BCUT2D eigenvalue weighted by Gasteiger charge is 2.24. The summed E-state index contributed by atoms with van der Waals surface area (Å²) in [6, 6.07) is 13.1. The van der Waals surface area contributed by atoms with E-state index in [2.05, 4.69) is 13.8 Å². The number of methoxy groups -OCH3 is 2. The summed E-state index contributed by atoms with van der Waals surface area (Å²) in [5, 5.41) is 10.8. The molecule has 5 nitrogen and oxygen atoms in total. The molecule has 0 aliphatic rings. The number of carboxylic acid groups (broad SMARTS) is 1. The minimum absolute atomic E-state index is 0.161. The number of aromatic nitrogens is 1. The van der Waals surface area contributed by atoms with Crippen LogP contribution in [0.1, 0.15) is 25.3 Å². The van der Waals surface area contributed by atoms with Crippen LogP contribution < -0.4 is 9.47 Å². The Morgan fingerprint density at radius 1 is 1.04 bits per heavy atom. The van der Waals surface area contributed by atoms with Gasteiger partial charge in [0, 0.05) is 10.9 Å². The van der Waals surface area contributed by atoms with Gasteiger partial charge in [0.1, 0.15) is 0 Å². The quantitative estimate of drug-likeness (QED) is 0.728. The van der Waals surface area contributed by atoms with E-state index in [1.807, 2.05) is 36.4 Å². The lowest BCUT2D eigenvalue weighted by atomic mass is 9.96. The number of hydrogen-bond donors (Lipinski definition) is 1. The fourth-order valence-electron chi connectivity index (χ4n) is 3.32. The second-order valence-electron chi connectivity index (χ2n) is 6.12. The average Bonchev–Trinajstić information content (AvgIpc) is 2.96. The summed E-state index contributed by atoms with van der Waals surface area (Å²) in [5.74, 6) is 1.33. The molecule has 5 heteroatoms. The third-order valence-electron chi connectivity index (χ3n) is 4.34. The summed E-state index contributed by atoms with van der Waals surface area (Å²) in [5.41, 5.74) is 3.14. The first-order valence-electron chi connectivity index (χ1n) is 8.08. The van der Waals surface area contributed by atoms with E-state index in [-0.39, 0.29) is 5.92 Å². The largest absolute Gasteiger partial charge is 0.493 e. The minimum Gasteiger partial charge on any atom is -0.493 e. The Morgan fingerprint density at radius 3 is 2.32 bits per heavy atom. The van der Waals surface area contributed by atoms with Crippen LogP contribution in [0.2, 0.25) is 0 Å². The van der Waals surface area contributed by atoms with Crippen molar-refractivity contribution in [3.8, 4) is 22.8 Å². The molecule has 130 valence electrons. The molecule has 0 aliphatic carbocycles. The maximum Gasteiger partial charge on any atom is 0.416 e. The Morgan fingerprint density at radius 2 is 1.72 bits per heavy atom. The number of ether oxygens (including phenoxy) is 2. The molecule has 0 radical (unpaired) electrons. The van der Waals surface area contributed by atoms with Gasteiger partial charge in [0.2, 0.25) is 0 Å². The summed E-state index contributed by atoms with van der Waals surface area (Å²) in [6.45, 7) is 4.14. The van der Waals surface area contributed by atoms with Crippen molar-refractivity contribution in [1.82, 2.24) is 4.57 Å². The molecule has 0 saturated heterocycles. The van der Waals surface area contributed by atoms with Crippen LogP contribution in [0.25, 0.3) is 22.2 Å². The molecule has 1 N–H and O–H groups in total. The molecule has 1 aromatic heterocycles. The van der Waals surface area contributed by atoms with Gasteiger partial charge in [0.25, 0.3) is 0 Å². The maximum absolute atomic E-state index is 12.0. The van der Waals surface area contributed by atoms with E-state index >= 15 is 0 Å². The van der Waals surface area contributed by atoms with Crippen molar-refractivity contribution in [3.63, 3.8) is 0 Å². The third-order valence-corrected chi connectivity index (χ3v) is 4.34. The van der Waals surface area contributed by atoms with Crippen molar-refractivity contribution in [2.24, 2.45) is 0 Å². The number of fused-ring (bicyclic) bond motifs is 1. The summed E-state index contributed by atoms with van der Waals surface area (Å²) >= 11 is 0. The zero-order chi connectivity index (χ0) is 18.1. The van der Waals surface area contributed by atoms with Gasteiger partial charge in [-0.15, -0.1) is 0 Å². The fraction of sp³-hybridized carbons (Fsp3) is 0.250. The Kier molecular flexibility index (Phi) is 4.40. The number of carbonyl (C=O) groups is 1. The Bertz CT molecular complexity index is 940. The summed E-state index contributed by atoms with van der Waals surface area (Å²) < 4.78 is 12.0. The molecule has 0 atom stereocenters. The lowest BCUT2D eigenvalue weighted by Gasteiger charge is -2.14. The first kappa shape index (κ1) is 16.9. The maximum atomic E-state index is 12.0. The van der Waals surface area contributed by atoms with Gasteiger partial charge >= 0.3 is 6.09 Å². The second kappa shape index (κ2) is 6.51. The Balaban J connectivity index is 2.41. The molecule has 3 rings (SSSR count). The molecule has 0 bridgehead atoms. The van der Waals surface area contributed by atoms with Gasteiger partial charge in [0.15, 0.2) is 11.5 Å². The molecule has 0 amide bonds. The first-order chi connectivity index (χ1) is 12.0. The molecule has 25 heavy (non-hydrogen) atoms. The summed E-state index contributed by atoms with van der Waals surface area (Å²) in [7, 11) is 3.14. The second-order valence-corrected chi connectivity index (χ2v) is 6.12. The van der Waals surface area contributed by atoms with Gasteiger partial charge in [-0.2, -0.15) is 0 Å². The van der Waals surface area contributed by atoms with Crippen molar-refractivity contribution in [2.45, 2.75) is 19.8 Å². The predicted molar refractivity (Wildman–Crippen MR) is 98.0 cm³/mol. The zero-order valence-electron chi connectivity index (χ0n) is 14.7. The van der Waals surface area contributed by atoms with E-state index in [1.54, 1.807) is 20.3 Å². The Hall–Kier alpha value is -2.95. The van der Waals surface area contributed by atoms with Gasteiger partial charge in [-0.25, -0.2) is 9.36 Å². The van der Waals surface area contributed by atoms with Crippen LogP contribution in [-0.4, -0.2) is 30.0 Å². The SMILES string of the molecule is COc1ccc(-c2c(C(C)C)c3ccccc3n2C(=O)O)cc1OC. The van der Waals surface area contributed by atoms with Gasteiger partial charge in [-0.05, 0) is 35.7 Å². The van der Waals surface area contributed by atoms with E-state index in [9.17, 15) is 9.90 Å². The number of hydrogen-bond acceptors (Lipinski definition) is 3. The van der Waals surface area contributed by atoms with E-state index in [0.717, 1.165) is 16.5 Å². The van der Waals surface area contributed by atoms with Crippen LogP contribution in [0.15, 0.2) is 42.5 Å². The van der Waals surface area contributed by atoms with Crippen LogP contribution in [0.5, 0.6) is 11.5 Å². The summed E-state index contributed by atoms with van der Waals surface area (Å²) in [4.78, 5) is 12.0. The molecule has 3 aromatic rings. The molecule has 0 spiro atoms. The van der Waals surface area contributed by atoms with Crippen molar-refractivity contribution in [2.75, 3.05) is 14.2 Å². The highest BCUT2D eigenvalue weighted by atomic mass is 16.5.